The lowest BCUT2D eigenvalue weighted by molar-refractivity contribution is 0.0258. The summed E-state index contributed by atoms with van der Waals surface area (Å²) in [5.41, 5.74) is 1.99. The number of benzene rings is 2. The topological polar surface area (TPSA) is 70.4 Å². The van der Waals surface area contributed by atoms with Crippen LogP contribution in [0.25, 0.3) is 10.2 Å². The van der Waals surface area contributed by atoms with Crippen molar-refractivity contribution in [1.29, 1.82) is 0 Å². The van der Waals surface area contributed by atoms with Crippen LogP contribution in [0, 0.1) is 6.92 Å². The van der Waals surface area contributed by atoms with Crippen LogP contribution in [0.3, 0.4) is 0 Å². The Morgan fingerprint density at radius 2 is 2.06 bits per heavy atom. The Morgan fingerprint density at radius 1 is 1.21 bits per heavy atom. The molecule has 0 amide bonds. The summed E-state index contributed by atoms with van der Waals surface area (Å²) in [5.74, 6) is 1.51. The Morgan fingerprint density at radius 3 is 2.88 bits per heavy atom. The standard InChI is InChI=1S/C26H32N4O3S/c1-18-13-29(15-22(31)17-32-23-8-9-25-24(12-23)27-19(2)34-25)10-11-30(18)14-21-16-33-26(28-21)20-6-4-3-5-7-20/h3-9,12,18,21-22,31H,10-11,13-17H2,1-2H3/t18-,21-,22+/m0/s1. The first-order valence-corrected chi connectivity index (χ1v) is 12.8. The summed E-state index contributed by atoms with van der Waals surface area (Å²) in [5, 5.41) is 11.6. The third-order valence-corrected chi connectivity index (χ3v) is 7.36. The first-order valence-electron chi connectivity index (χ1n) is 11.9. The fraction of sp³-hybridized carbons (Fsp3) is 0.462. The first-order chi connectivity index (χ1) is 16.5. The van der Waals surface area contributed by atoms with Gasteiger partial charge in [0.1, 0.15) is 31.1 Å². The molecule has 3 aromatic rings. The monoisotopic (exact) mass is 480 g/mol. The molecule has 1 aromatic heterocycles. The second-order valence-corrected chi connectivity index (χ2v) is 10.4. The molecule has 0 aliphatic carbocycles. The summed E-state index contributed by atoms with van der Waals surface area (Å²) in [6.45, 7) is 9.48. The van der Waals surface area contributed by atoms with Gasteiger partial charge in [-0.05, 0) is 38.1 Å². The predicted octanol–water partition coefficient (Wildman–Crippen LogP) is 3.20. The van der Waals surface area contributed by atoms with Crippen LogP contribution in [0.15, 0.2) is 53.5 Å². The molecule has 1 N–H and O–H groups in total. The SMILES string of the molecule is Cc1nc2cc(OC[C@H](O)CN3CCN(C[C@H]4COC(c5ccccc5)=N4)[C@@H](C)C3)ccc2s1. The normalized spacial score (nSPS) is 22.5. The molecule has 180 valence electrons. The molecule has 0 unspecified atom stereocenters. The third kappa shape index (κ3) is 5.58. The smallest absolute Gasteiger partial charge is 0.216 e. The summed E-state index contributed by atoms with van der Waals surface area (Å²) in [4.78, 5) is 14.1. The van der Waals surface area contributed by atoms with Crippen molar-refractivity contribution in [3.05, 3.63) is 59.1 Å². The number of β-amino-alcohol motifs (C(OH)–C–C–N with tert-alkyl or cyclic N) is 1. The lowest BCUT2D eigenvalue weighted by Crippen LogP contribution is -2.55. The van der Waals surface area contributed by atoms with Crippen molar-refractivity contribution in [2.24, 2.45) is 4.99 Å². The van der Waals surface area contributed by atoms with E-state index in [1.165, 1.54) is 0 Å². The van der Waals surface area contributed by atoms with E-state index in [0.29, 0.717) is 19.2 Å². The Labute approximate surface area is 204 Å². The maximum absolute atomic E-state index is 10.6. The minimum atomic E-state index is -0.534. The summed E-state index contributed by atoms with van der Waals surface area (Å²) in [6, 6.07) is 16.6. The highest BCUT2D eigenvalue weighted by Crippen LogP contribution is 2.25. The van der Waals surface area contributed by atoms with Gasteiger partial charge in [0, 0.05) is 50.4 Å². The molecule has 2 aliphatic rings. The molecule has 3 heterocycles. The van der Waals surface area contributed by atoms with Gasteiger partial charge < -0.3 is 14.6 Å². The predicted molar refractivity (Wildman–Crippen MR) is 136 cm³/mol. The van der Waals surface area contributed by atoms with E-state index in [1.807, 2.05) is 55.5 Å². The van der Waals surface area contributed by atoms with Crippen molar-refractivity contribution in [2.45, 2.75) is 32.0 Å². The van der Waals surface area contributed by atoms with Gasteiger partial charge >= 0.3 is 0 Å². The zero-order valence-corrected chi connectivity index (χ0v) is 20.6. The number of aliphatic hydroxyl groups is 1. The van der Waals surface area contributed by atoms with Gasteiger partial charge in [-0.3, -0.25) is 9.80 Å². The maximum atomic E-state index is 10.6. The molecule has 0 bridgehead atoms. The lowest BCUT2D eigenvalue weighted by Gasteiger charge is -2.41. The number of ether oxygens (including phenoxy) is 2. The van der Waals surface area contributed by atoms with Crippen molar-refractivity contribution in [1.82, 2.24) is 14.8 Å². The molecular weight excluding hydrogens is 448 g/mol. The lowest BCUT2D eigenvalue weighted by atomic mass is 10.1. The molecule has 5 rings (SSSR count). The number of rotatable bonds is 8. The van der Waals surface area contributed by atoms with E-state index >= 15 is 0 Å². The molecule has 1 saturated heterocycles. The first kappa shape index (κ1) is 23.2. The van der Waals surface area contributed by atoms with Crippen molar-refractivity contribution < 1.29 is 14.6 Å². The molecule has 0 spiro atoms. The zero-order chi connectivity index (χ0) is 23.5. The van der Waals surface area contributed by atoms with Gasteiger partial charge in [-0.15, -0.1) is 11.3 Å². The van der Waals surface area contributed by atoms with E-state index in [0.717, 1.165) is 58.6 Å². The fourth-order valence-corrected chi connectivity index (χ4v) is 5.49. The summed E-state index contributed by atoms with van der Waals surface area (Å²) >= 11 is 1.68. The van der Waals surface area contributed by atoms with Gasteiger partial charge in [0.15, 0.2) is 0 Å². The number of aliphatic imine (C=N–C) groups is 1. The van der Waals surface area contributed by atoms with Crippen LogP contribution < -0.4 is 4.74 Å². The minimum Gasteiger partial charge on any atom is -0.491 e. The van der Waals surface area contributed by atoms with E-state index in [1.54, 1.807) is 11.3 Å². The number of hydrogen-bond acceptors (Lipinski definition) is 8. The molecule has 0 radical (unpaired) electrons. The Bertz CT molecular complexity index is 1140. The van der Waals surface area contributed by atoms with Gasteiger partial charge in [0.2, 0.25) is 5.90 Å². The summed E-state index contributed by atoms with van der Waals surface area (Å²) in [6.07, 6.45) is -0.534. The van der Waals surface area contributed by atoms with Crippen LogP contribution in [0.1, 0.15) is 17.5 Å². The number of thiazole rings is 1. The quantitative estimate of drug-likeness (QED) is 0.534. The maximum Gasteiger partial charge on any atom is 0.216 e. The molecule has 2 aliphatic heterocycles. The van der Waals surface area contributed by atoms with Crippen molar-refractivity contribution >= 4 is 27.5 Å². The summed E-state index contributed by atoms with van der Waals surface area (Å²) in [7, 11) is 0. The number of fused-ring (bicyclic) bond motifs is 1. The Hall–Kier alpha value is -2.52. The van der Waals surface area contributed by atoms with E-state index in [-0.39, 0.29) is 12.6 Å². The van der Waals surface area contributed by atoms with Crippen molar-refractivity contribution in [3.63, 3.8) is 0 Å². The highest BCUT2D eigenvalue weighted by atomic mass is 32.1. The molecular formula is C26H32N4O3S. The van der Waals surface area contributed by atoms with Gasteiger partial charge in [-0.2, -0.15) is 0 Å². The third-order valence-electron chi connectivity index (χ3n) is 6.40. The van der Waals surface area contributed by atoms with Crippen LogP contribution >= 0.6 is 11.3 Å². The summed E-state index contributed by atoms with van der Waals surface area (Å²) < 4.78 is 12.9. The number of aryl methyl sites for hydroxylation is 1. The largest absolute Gasteiger partial charge is 0.491 e. The van der Waals surface area contributed by atoms with Crippen LogP contribution in [0.5, 0.6) is 5.75 Å². The van der Waals surface area contributed by atoms with Crippen LogP contribution in [-0.4, -0.2) is 89.9 Å². The van der Waals surface area contributed by atoms with Crippen LogP contribution in [-0.2, 0) is 4.74 Å². The second kappa shape index (κ2) is 10.4. The molecule has 34 heavy (non-hydrogen) atoms. The molecule has 2 aromatic carbocycles. The zero-order valence-electron chi connectivity index (χ0n) is 19.8. The van der Waals surface area contributed by atoms with Crippen molar-refractivity contribution in [2.75, 3.05) is 45.9 Å². The fourth-order valence-electron chi connectivity index (χ4n) is 4.68. The molecule has 0 saturated carbocycles. The minimum absolute atomic E-state index is 0.169. The van der Waals surface area contributed by atoms with Gasteiger partial charge in [0.05, 0.1) is 15.2 Å². The van der Waals surface area contributed by atoms with Gasteiger partial charge in [0.25, 0.3) is 0 Å². The van der Waals surface area contributed by atoms with Crippen molar-refractivity contribution in [3.8, 4) is 5.75 Å². The number of aromatic nitrogens is 1. The Balaban J connectivity index is 1.07. The Kier molecular flexibility index (Phi) is 7.10. The number of nitrogens with zero attached hydrogens (tertiary/aromatic N) is 4. The van der Waals surface area contributed by atoms with Crippen LogP contribution in [0.2, 0.25) is 0 Å². The molecule has 3 atom stereocenters. The molecule has 7 nitrogen and oxygen atoms in total. The van der Waals surface area contributed by atoms with E-state index in [9.17, 15) is 5.11 Å². The second-order valence-electron chi connectivity index (χ2n) is 9.20. The average Bonchev–Trinajstić information content (AvgIpc) is 3.45. The number of hydrogen-bond donors (Lipinski definition) is 1. The highest BCUT2D eigenvalue weighted by molar-refractivity contribution is 7.18. The van der Waals surface area contributed by atoms with Gasteiger partial charge in [-0.25, -0.2) is 9.98 Å². The van der Waals surface area contributed by atoms with E-state index in [4.69, 9.17) is 14.5 Å². The number of piperazine rings is 1. The molecule has 8 heteroatoms. The average molecular weight is 481 g/mol. The van der Waals surface area contributed by atoms with Crippen LogP contribution in [0.4, 0.5) is 0 Å². The van der Waals surface area contributed by atoms with Gasteiger partial charge in [-0.1, -0.05) is 18.2 Å². The number of aliphatic hydroxyl groups excluding tert-OH is 1. The molecule has 1 fully saturated rings. The highest BCUT2D eigenvalue weighted by Gasteiger charge is 2.29. The van der Waals surface area contributed by atoms with E-state index < -0.39 is 6.10 Å². The van der Waals surface area contributed by atoms with E-state index in [2.05, 4.69) is 21.7 Å².